The van der Waals surface area contributed by atoms with Gasteiger partial charge in [0.1, 0.15) is 5.75 Å². The van der Waals surface area contributed by atoms with Crippen molar-refractivity contribution in [2.24, 2.45) is 0 Å². The molecule has 0 saturated carbocycles. The molecule has 1 amide bonds. The van der Waals surface area contributed by atoms with Crippen molar-refractivity contribution >= 4 is 5.91 Å². The van der Waals surface area contributed by atoms with E-state index >= 15 is 0 Å². The van der Waals surface area contributed by atoms with E-state index in [-0.39, 0.29) is 17.9 Å². The Morgan fingerprint density at radius 3 is 2.32 bits per heavy atom. The van der Waals surface area contributed by atoms with Crippen molar-refractivity contribution in [3.8, 4) is 5.75 Å². The first-order valence-electron chi connectivity index (χ1n) is 9.44. The number of amides is 1. The fourth-order valence-electron chi connectivity index (χ4n) is 2.81. The Balaban J connectivity index is 1.42. The van der Waals surface area contributed by atoms with Crippen LogP contribution in [0.25, 0.3) is 0 Å². The molecule has 5 heteroatoms. The quantitative estimate of drug-likeness (QED) is 0.679. The van der Waals surface area contributed by atoms with Gasteiger partial charge in [-0.1, -0.05) is 57.2 Å². The Morgan fingerprint density at radius 1 is 1.04 bits per heavy atom. The van der Waals surface area contributed by atoms with Crippen molar-refractivity contribution in [3.63, 3.8) is 0 Å². The zero-order chi connectivity index (χ0) is 20.0. The van der Waals surface area contributed by atoms with E-state index in [4.69, 9.17) is 4.74 Å². The van der Waals surface area contributed by atoms with Gasteiger partial charge in [-0.3, -0.25) is 4.79 Å². The maximum Gasteiger partial charge on any atom is 0.258 e. The second kappa shape index (κ2) is 8.74. The highest BCUT2D eigenvalue weighted by atomic mass is 16.5. The van der Waals surface area contributed by atoms with Gasteiger partial charge in [0.2, 0.25) is 0 Å². The maximum atomic E-state index is 12.0. The summed E-state index contributed by atoms with van der Waals surface area (Å²) in [4.78, 5) is 16.1. The van der Waals surface area contributed by atoms with Gasteiger partial charge in [0.05, 0.1) is 6.33 Å². The van der Waals surface area contributed by atoms with E-state index in [1.807, 2.05) is 47.2 Å². The molecule has 2 aromatic carbocycles. The average molecular weight is 377 g/mol. The highest BCUT2D eigenvalue weighted by molar-refractivity contribution is 5.77. The lowest BCUT2D eigenvalue weighted by atomic mass is 9.87. The minimum Gasteiger partial charge on any atom is -0.484 e. The topological polar surface area (TPSA) is 56.1 Å². The third kappa shape index (κ3) is 5.71. The molecule has 1 heterocycles. The molecule has 146 valence electrons. The van der Waals surface area contributed by atoms with Gasteiger partial charge in [-0.15, -0.1) is 0 Å². The molecule has 0 fully saturated rings. The largest absolute Gasteiger partial charge is 0.484 e. The number of carbonyl (C=O) groups excluding carboxylic acids is 1. The summed E-state index contributed by atoms with van der Waals surface area (Å²) in [5, 5.41) is 2.89. The second-order valence-corrected chi connectivity index (χ2v) is 7.89. The lowest BCUT2D eigenvalue weighted by Crippen LogP contribution is -2.28. The van der Waals surface area contributed by atoms with Crippen LogP contribution in [0, 0.1) is 0 Å². The molecule has 0 aliphatic carbocycles. The minimum atomic E-state index is -0.137. The number of carbonyl (C=O) groups is 1. The average Bonchev–Trinajstić information content (AvgIpc) is 3.18. The van der Waals surface area contributed by atoms with Crippen LogP contribution in [-0.4, -0.2) is 22.1 Å². The van der Waals surface area contributed by atoms with E-state index in [1.165, 1.54) is 11.1 Å². The number of imidazole rings is 1. The van der Waals surface area contributed by atoms with Gasteiger partial charge in [0.25, 0.3) is 5.91 Å². The predicted octanol–water partition coefficient (Wildman–Crippen LogP) is 3.92. The normalized spacial score (nSPS) is 11.2. The molecule has 5 nitrogen and oxygen atoms in total. The van der Waals surface area contributed by atoms with Crippen molar-refractivity contribution in [1.29, 1.82) is 0 Å². The van der Waals surface area contributed by atoms with Crippen LogP contribution in [-0.2, 0) is 23.3 Å². The van der Waals surface area contributed by atoms with Crippen LogP contribution in [0.1, 0.15) is 37.5 Å². The molecule has 0 atom stereocenters. The highest BCUT2D eigenvalue weighted by Gasteiger charge is 2.13. The minimum absolute atomic E-state index is 0.00752. The first-order valence-corrected chi connectivity index (χ1v) is 9.44. The number of aromatic nitrogens is 2. The van der Waals surface area contributed by atoms with Gasteiger partial charge in [-0.05, 0) is 34.2 Å². The van der Waals surface area contributed by atoms with Gasteiger partial charge < -0.3 is 14.6 Å². The van der Waals surface area contributed by atoms with Crippen LogP contribution < -0.4 is 10.1 Å². The maximum absolute atomic E-state index is 12.0. The molecular weight excluding hydrogens is 350 g/mol. The third-order valence-corrected chi connectivity index (χ3v) is 4.53. The number of nitrogens with zero attached hydrogens (tertiary/aromatic N) is 2. The van der Waals surface area contributed by atoms with Crippen molar-refractivity contribution < 1.29 is 9.53 Å². The zero-order valence-electron chi connectivity index (χ0n) is 16.7. The van der Waals surface area contributed by atoms with E-state index < -0.39 is 0 Å². The van der Waals surface area contributed by atoms with Crippen LogP contribution in [0.3, 0.4) is 0 Å². The lowest BCUT2D eigenvalue weighted by molar-refractivity contribution is -0.123. The van der Waals surface area contributed by atoms with Crippen LogP contribution in [0.2, 0.25) is 0 Å². The summed E-state index contributed by atoms with van der Waals surface area (Å²) in [5.74, 6) is 0.564. The standard InChI is InChI=1S/C23H27N3O2/c1-23(2,3)20-8-10-21(11-9-20)28-16-22(27)25-14-18-4-6-19(7-5-18)15-26-13-12-24-17-26/h4-13,17H,14-16H2,1-3H3,(H,25,27). The molecule has 0 aliphatic rings. The molecule has 1 N–H and O–H groups in total. The summed E-state index contributed by atoms with van der Waals surface area (Å²) in [6.45, 7) is 7.78. The van der Waals surface area contributed by atoms with E-state index in [2.05, 4.69) is 43.2 Å². The Kier molecular flexibility index (Phi) is 6.14. The van der Waals surface area contributed by atoms with Crippen molar-refractivity contribution in [2.45, 2.75) is 39.3 Å². The molecule has 0 unspecified atom stereocenters. The number of hydrogen-bond acceptors (Lipinski definition) is 3. The Bertz CT molecular complexity index is 877. The molecule has 0 spiro atoms. The Labute approximate surface area is 166 Å². The van der Waals surface area contributed by atoms with Crippen LogP contribution in [0.5, 0.6) is 5.75 Å². The Morgan fingerprint density at radius 2 is 1.71 bits per heavy atom. The number of rotatable bonds is 7. The predicted molar refractivity (Wildman–Crippen MR) is 110 cm³/mol. The van der Waals surface area contributed by atoms with E-state index in [1.54, 1.807) is 12.5 Å². The van der Waals surface area contributed by atoms with Gasteiger partial charge in [0, 0.05) is 25.5 Å². The SMILES string of the molecule is CC(C)(C)c1ccc(OCC(=O)NCc2ccc(Cn3ccnc3)cc2)cc1. The summed E-state index contributed by atoms with van der Waals surface area (Å²) >= 11 is 0. The van der Waals surface area contributed by atoms with Crippen LogP contribution in [0.15, 0.2) is 67.3 Å². The molecule has 0 bridgehead atoms. The first-order chi connectivity index (χ1) is 13.4. The lowest BCUT2D eigenvalue weighted by Gasteiger charge is -2.19. The van der Waals surface area contributed by atoms with Crippen molar-refractivity contribution in [2.75, 3.05) is 6.61 Å². The van der Waals surface area contributed by atoms with Gasteiger partial charge >= 0.3 is 0 Å². The van der Waals surface area contributed by atoms with Crippen LogP contribution >= 0.6 is 0 Å². The fourth-order valence-corrected chi connectivity index (χ4v) is 2.81. The summed E-state index contributed by atoms with van der Waals surface area (Å²) in [6.07, 6.45) is 5.50. The summed E-state index contributed by atoms with van der Waals surface area (Å²) in [6, 6.07) is 16.1. The van der Waals surface area contributed by atoms with E-state index in [0.29, 0.717) is 12.3 Å². The number of benzene rings is 2. The highest BCUT2D eigenvalue weighted by Crippen LogP contribution is 2.24. The molecule has 3 rings (SSSR count). The van der Waals surface area contributed by atoms with E-state index in [9.17, 15) is 4.79 Å². The Hall–Kier alpha value is -3.08. The summed E-state index contributed by atoms with van der Waals surface area (Å²) < 4.78 is 7.60. The molecule has 3 aromatic rings. The fraction of sp³-hybridized carbons (Fsp3) is 0.304. The molecule has 28 heavy (non-hydrogen) atoms. The zero-order valence-corrected chi connectivity index (χ0v) is 16.7. The third-order valence-electron chi connectivity index (χ3n) is 4.53. The monoisotopic (exact) mass is 377 g/mol. The van der Waals surface area contributed by atoms with Gasteiger partial charge in [-0.25, -0.2) is 4.98 Å². The molecular formula is C23H27N3O2. The van der Waals surface area contributed by atoms with Crippen LogP contribution in [0.4, 0.5) is 0 Å². The molecule has 0 radical (unpaired) electrons. The van der Waals surface area contributed by atoms with Crippen molar-refractivity contribution in [3.05, 3.63) is 83.9 Å². The number of hydrogen-bond donors (Lipinski definition) is 1. The molecule has 0 aliphatic heterocycles. The second-order valence-electron chi connectivity index (χ2n) is 7.89. The first kappa shape index (κ1) is 19.7. The molecule has 0 saturated heterocycles. The van der Waals surface area contributed by atoms with Crippen molar-refractivity contribution in [1.82, 2.24) is 14.9 Å². The summed E-state index contributed by atoms with van der Waals surface area (Å²) in [5.41, 5.74) is 3.58. The number of nitrogens with one attached hydrogen (secondary N) is 1. The van der Waals surface area contributed by atoms with E-state index in [0.717, 1.165) is 12.1 Å². The van der Waals surface area contributed by atoms with Gasteiger partial charge in [0.15, 0.2) is 6.61 Å². The molecule has 1 aromatic heterocycles. The van der Waals surface area contributed by atoms with Gasteiger partial charge in [-0.2, -0.15) is 0 Å². The smallest absolute Gasteiger partial charge is 0.258 e. The summed E-state index contributed by atoms with van der Waals surface area (Å²) in [7, 11) is 0. The number of ether oxygens (including phenoxy) is 1.